The van der Waals surface area contributed by atoms with Crippen LogP contribution in [0.5, 0.6) is 0 Å². The first-order valence-electron chi connectivity index (χ1n) is 8.17. The Hall–Kier alpha value is -3.62. The standard InChI is InChI=1S/C9H8N2O4.C9H9NO2/c1-5-7-4-6(11(13)14)2-3-8(7)10-9(12)15-5;1-6-7-4-2-3-5-8(7)10-9(11)12-6/h2-5H,1H3,(H,10,12);2-6H,1H3,(H,10,11). The van der Waals surface area contributed by atoms with Crippen LogP contribution in [0.2, 0.25) is 0 Å². The van der Waals surface area contributed by atoms with Crippen LogP contribution < -0.4 is 10.6 Å². The van der Waals surface area contributed by atoms with Gasteiger partial charge in [0.1, 0.15) is 12.2 Å². The number of nitrogens with zero attached hydrogens (tertiary/aromatic N) is 1. The molecule has 0 spiro atoms. The third-order valence-corrected chi connectivity index (χ3v) is 4.12. The van der Waals surface area contributed by atoms with Crippen molar-refractivity contribution in [2.75, 3.05) is 10.6 Å². The molecular formula is C18H17N3O6. The highest BCUT2D eigenvalue weighted by atomic mass is 16.6. The van der Waals surface area contributed by atoms with E-state index in [9.17, 15) is 19.7 Å². The first-order chi connectivity index (χ1) is 12.8. The lowest BCUT2D eigenvalue weighted by atomic mass is 10.1. The van der Waals surface area contributed by atoms with Gasteiger partial charge in [0.05, 0.1) is 16.3 Å². The number of anilines is 2. The molecule has 0 saturated carbocycles. The summed E-state index contributed by atoms with van der Waals surface area (Å²) >= 11 is 0. The van der Waals surface area contributed by atoms with Crippen LogP contribution in [0.3, 0.4) is 0 Å². The molecule has 2 unspecified atom stereocenters. The van der Waals surface area contributed by atoms with Gasteiger partial charge in [0, 0.05) is 23.3 Å². The van der Waals surface area contributed by atoms with Crippen molar-refractivity contribution < 1.29 is 24.0 Å². The summed E-state index contributed by atoms with van der Waals surface area (Å²) in [6.07, 6.45) is -1.52. The summed E-state index contributed by atoms with van der Waals surface area (Å²) in [4.78, 5) is 31.9. The Morgan fingerprint density at radius 3 is 2.07 bits per heavy atom. The topological polar surface area (TPSA) is 120 Å². The van der Waals surface area contributed by atoms with Gasteiger partial charge in [-0.15, -0.1) is 0 Å². The number of hydrogen-bond donors (Lipinski definition) is 2. The molecule has 2 aromatic rings. The zero-order valence-electron chi connectivity index (χ0n) is 14.6. The molecule has 27 heavy (non-hydrogen) atoms. The number of carbonyl (C=O) groups excluding carboxylic acids is 2. The van der Waals surface area contributed by atoms with Crippen molar-refractivity contribution in [2.24, 2.45) is 0 Å². The van der Waals surface area contributed by atoms with Crippen molar-refractivity contribution in [1.82, 2.24) is 0 Å². The Bertz CT molecular complexity index is 914. The fraction of sp³-hybridized carbons (Fsp3) is 0.222. The predicted molar refractivity (Wildman–Crippen MR) is 96.6 cm³/mol. The van der Waals surface area contributed by atoms with Gasteiger partial charge in [-0.3, -0.25) is 20.7 Å². The molecule has 4 rings (SSSR count). The van der Waals surface area contributed by atoms with Crippen LogP contribution in [0.1, 0.15) is 37.2 Å². The van der Waals surface area contributed by atoms with Crippen molar-refractivity contribution in [2.45, 2.75) is 26.1 Å². The van der Waals surface area contributed by atoms with Gasteiger partial charge in [0.15, 0.2) is 0 Å². The van der Waals surface area contributed by atoms with E-state index < -0.39 is 17.1 Å². The number of ether oxygens (including phenoxy) is 2. The summed E-state index contributed by atoms with van der Waals surface area (Å²) < 4.78 is 9.84. The number of non-ortho nitro benzene ring substituents is 1. The van der Waals surface area contributed by atoms with Crippen molar-refractivity contribution in [3.05, 3.63) is 63.7 Å². The van der Waals surface area contributed by atoms with Gasteiger partial charge in [-0.2, -0.15) is 0 Å². The number of nitrogens with one attached hydrogen (secondary N) is 2. The van der Waals surface area contributed by atoms with E-state index in [4.69, 9.17) is 9.47 Å². The smallest absolute Gasteiger partial charge is 0.412 e. The van der Waals surface area contributed by atoms with Gasteiger partial charge in [0.2, 0.25) is 0 Å². The van der Waals surface area contributed by atoms with Gasteiger partial charge < -0.3 is 9.47 Å². The molecule has 0 aromatic heterocycles. The monoisotopic (exact) mass is 371 g/mol. The highest BCUT2D eigenvalue weighted by Crippen LogP contribution is 2.33. The molecular weight excluding hydrogens is 354 g/mol. The number of amides is 2. The van der Waals surface area contributed by atoms with E-state index in [1.54, 1.807) is 6.92 Å². The van der Waals surface area contributed by atoms with Crippen LogP contribution in [-0.4, -0.2) is 17.1 Å². The summed E-state index contributed by atoms with van der Waals surface area (Å²) in [6, 6.07) is 11.9. The fourth-order valence-corrected chi connectivity index (χ4v) is 2.81. The molecule has 0 saturated heterocycles. The minimum absolute atomic E-state index is 0.0136. The first-order valence-corrected chi connectivity index (χ1v) is 8.17. The Kier molecular flexibility index (Phi) is 4.93. The lowest BCUT2D eigenvalue weighted by molar-refractivity contribution is -0.385. The molecule has 0 aliphatic carbocycles. The molecule has 2 aromatic carbocycles. The predicted octanol–water partition coefficient (Wildman–Crippen LogP) is 4.53. The number of para-hydroxylation sites is 1. The summed E-state index contributed by atoms with van der Waals surface area (Å²) in [6.45, 7) is 3.53. The van der Waals surface area contributed by atoms with Gasteiger partial charge in [0.25, 0.3) is 5.69 Å². The molecule has 2 heterocycles. The molecule has 2 amide bonds. The maximum atomic E-state index is 11.0. The van der Waals surface area contributed by atoms with Gasteiger partial charge >= 0.3 is 12.2 Å². The van der Waals surface area contributed by atoms with Crippen LogP contribution in [0.4, 0.5) is 26.7 Å². The van der Waals surface area contributed by atoms with Crippen LogP contribution in [0, 0.1) is 10.1 Å². The normalized spacial score (nSPS) is 19.6. The summed E-state index contributed by atoms with van der Waals surface area (Å²) in [5, 5.41) is 15.6. The van der Waals surface area contributed by atoms with Crippen LogP contribution in [0.15, 0.2) is 42.5 Å². The number of nitro benzene ring substituents is 1. The summed E-state index contributed by atoms with van der Waals surface area (Å²) in [5.41, 5.74) is 3.03. The Balaban J connectivity index is 0.000000159. The third-order valence-electron chi connectivity index (χ3n) is 4.12. The lowest BCUT2D eigenvalue weighted by Gasteiger charge is -2.22. The van der Waals surface area contributed by atoms with Crippen molar-refractivity contribution in [3.8, 4) is 0 Å². The fourth-order valence-electron chi connectivity index (χ4n) is 2.81. The number of carbonyl (C=O) groups is 2. The number of cyclic esters (lactones) is 2. The summed E-state index contributed by atoms with van der Waals surface area (Å²) in [7, 11) is 0. The lowest BCUT2D eigenvalue weighted by Crippen LogP contribution is -2.23. The van der Waals surface area contributed by atoms with E-state index in [1.807, 2.05) is 31.2 Å². The second-order valence-electron chi connectivity index (χ2n) is 5.96. The van der Waals surface area contributed by atoms with Crippen LogP contribution in [0.25, 0.3) is 0 Å². The van der Waals surface area contributed by atoms with Crippen LogP contribution in [-0.2, 0) is 9.47 Å². The number of benzene rings is 2. The largest absolute Gasteiger partial charge is 0.441 e. The zero-order chi connectivity index (χ0) is 19.6. The zero-order valence-corrected chi connectivity index (χ0v) is 14.6. The molecule has 0 bridgehead atoms. The maximum absolute atomic E-state index is 11.0. The highest BCUT2D eigenvalue weighted by molar-refractivity contribution is 5.88. The van der Waals surface area contributed by atoms with Crippen molar-refractivity contribution in [3.63, 3.8) is 0 Å². The summed E-state index contributed by atoms with van der Waals surface area (Å²) in [5.74, 6) is 0. The van der Waals surface area contributed by atoms with E-state index in [0.717, 1.165) is 11.3 Å². The highest BCUT2D eigenvalue weighted by Gasteiger charge is 2.24. The molecule has 2 aliphatic heterocycles. The van der Waals surface area contributed by atoms with E-state index in [-0.39, 0.29) is 17.9 Å². The molecule has 2 N–H and O–H groups in total. The Morgan fingerprint density at radius 1 is 0.889 bits per heavy atom. The second-order valence-corrected chi connectivity index (χ2v) is 5.96. The van der Waals surface area contributed by atoms with Gasteiger partial charge in [-0.1, -0.05) is 18.2 Å². The number of fused-ring (bicyclic) bond motifs is 2. The van der Waals surface area contributed by atoms with Crippen molar-refractivity contribution >= 4 is 29.2 Å². The Labute approximate surface area is 154 Å². The minimum atomic E-state index is -0.538. The molecule has 0 fully saturated rings. The van der Waals surface area contributed by atoms with E-state index in [1.165, 1.54) is 18.2 Å². The van der Waals surface area contributed by atoms with E-state index >= 15 is 0 Å². The number of rotatable bonds is 1. The van der Waals surface area contributed by atoms with Crippen molar-refractivity contribution in [1.29, 1.82) is 0 Å². The van der Waals surface area contributed by atoms with Gasteiger partial charge in [-0.25, -0.2) is 9.59 Å². The number of hydrogen-bond acceptors (Lipinski definition) is 6. The molecule has 0 radical (unpaired) electrons. The Morgan fingerprint density at radius 2 is 1.44 bits per heavy atom. The minimum Gasteiger partial charge on any atom is -0.441 e. The average Bonchev–Trinajstić information content (AvgIpc) is 2.61. The third kappa shape index (κ3) is 3.97. The van der Waals surface area contributed by atoms with E-state index in [0.29, 0.717) is 11.3 Å². The molecule has 2 aliphatic rings. The molecule has 2 atom stereocenters. The second kappa shape index (κ2) is 7.32. The molecule has 140 valence electrons. The van der Waals surface area contributed by atoms with Crippen LogP contribution >= 0.6 is 0 Å². The molecule has 9 heteroatoms. The SMILES string of the molecule is CC1OC(=O)Nc2ccc([N+](=O)[O-])cc21.CC1OC(=O)Nc2ccccc21. The quantitative estimate of drug-likeness (QED) is 0.561. The average molecular weight is 371 g/mol. The maximum Gasteiger partial charge on any atom is 0.412 e. The van der Waals surface area contributed by atoms with Gasteiger partial charge in [-0.05, 0) is 26.0 Å². The number of nitro groups is 1. The van der Waals surface area contributed by atoms with E-state index in [2.05, 4.69) is 10.6 Å². The molecule has 9 nitrogen and oxygen atoms in total. The first kappa shape index (κ1) is 18.2.